The van der Waals surface area contributed by atoms with Crippen LogP contribution in [0.25, 0.3) is 0 Å². The summed E-state index contributed by atoms with van der Waals surface area (Å²) in [5.41, 5.74) is 5.23. The fourth-order valence-corrected chi connectivity index (χ4v) is 1.16. The molecule has 86 valence electrons. The van der Waals surface area contributed by atoms with Gasteiger partial charge in [0, 0.05) is 37.8 Å². The standard InChI is InChI=1S/C10H18N2O3/c1-3-12(4-2)9(14)7-8(5-6-13)10(11)15/h7,13H,3-6H2,1-2H3,(H2,11,15). The van der Waals surface area contributed by atoms with Gasteiger partial charge in [0.1, 0.15) is 0 Å². The molecule has 0 saturated carbocycles. The Hall–Kier alpha value is -1.36. The molecule has 0 aromatic heterocycles. The Labute approximate surface area is 89.6 Å². The van der Waals surface area contributed by atoms with Crippen LogP contribution in [0.3, 0.4) is 0 Å². The summed E-state index contributed by atoms with van der Waals surface area (Å²) >= 11 is 0. The molecule has 3 N–H and O–H groups in total. The molecular weight excluding hydrogens is 196 g/mol. The second-order valence-electron chi connectivity index (χ2n) is 3.02. The van der Waals surface area contributed by atoms with E-state index in [1.165, 1.54) is 6.08 Å². The predicted octanol–water partition coefficient (Wildman–Crippen LogP) is -0.351. The SMILES string of the molecule is CCN(CC)C(=O)C=C(CCO)C(N)=O. The van der Waals surface area contributed by atoms with Crippen LogP contribution in [0.1, 0.15) is 20.3 Å². The minimum atomic E-state index is -0.662. The number of likely N-dealkylation sites (N-methyl/N-ethyl adjacent to an activating group) is 1. The van der Waals surface area contributed by atoms with Gasteiger partial charge < -0.3 is 15.7 Å². The highest BCUT2D eigenvalue weighted by atomic mass is 16.3. The van der Waals surface area contributed by atoms with Crippen molar-refractivity contribution >= 4 is 11.8 Å². The molecule has 0 aliphatic rings. The lowest BCUT2D eigenvalue weighted by Crippen LogP contribution is -2.30. The van der Waals surface area contributed by atoms with Crippen molar-refractivity contribution in [3.8, 4) is 0 Å². The number of aliphatic hydroxyl groups excluding tert-OH is 1. The third-order valence-electron chi connectivity index (χ3n) is 2.07. The Morgan fingerprint density at radius 1 is 1.33 bits per heavy atom. The van der Waals surface area contributed by atoms with Crippen LogP contribution in [0.2, 0.25) is 0 Å². The summed E-state index contributed by atoms with van der Waals surface area (Å²) < 4.78 is 0. The lowest BCUT2D eigenvalue weighted by molar-refractivity contribution is -0.126. The Morgan fingerprint density at radius 3 is 2.20 bits per heavy atom. The van der Waals surface area contributed by atoms with Crippen LogP contribution in [0, 0.1) is 0 Å². The molecule has 2 amide bonds. The lowest BCUT2D eigenvalue weighted by atomic mass is 10.1. The Balaban J connectivity index is 4.66. The summed E-state index contributed by atoms with van der Waals surface area (Å²) in [6.07, 6.45) is 1.31. The first-order valence-electron chi connectivity index (χ1n) is 4.96. The summed E-state index contributed by atoms with van der Waals surface area (Å²) in [6.45, 7) is 4.67. The van der Waals surface area contributed by atoms with Crippen molar-refractivity contribution in [1.29, 1.82) is 0 Å². The zero-order valence-corrected chi connectivity index (χ0v) is 9.19. The Bertz CT molecular complexity index is 257. The summed E-state index contributed by atoms with van der Waals surface area (Å²) in [6, 6.07) is 0. The first-order chi connectivity index (χ1) is 7.06. The van der Waals surface area contributed by atoms with Gasteiger partial charge in [-0.25, -0.2) is 0 Å². The summed E-state index contributed by atoms with van der Waals surface area (Å²) in [4.78, 5) is 24.0. The molecule has 15 heavy (non-hydrogen) atoms. The minimum Gasteiger partial charge on any atom is -0.396 e. The molecule has 0 aliphatic carbocycles. The quantitative estimate of drug-likeness (QED) is 0.593. The number of carbonyl (C=O) groups excluding carboxylic acids is 2. The van der Waals surface area contributed by atoms with E-state index in [0.29, 0.717) is 13.1 Å². The lowest BCUT2D eigenvalue weighted by Gasteiger charge is -2.16. The fourth-order valence-electron chi connectivity index (χ4n) is 1.16. The van der Waals surface area contributed by atoms with Gasteiger partial charge in [-0.1, -0.05) is 0 Å². The molecule has 0 saturated heterocycles. The molecule has 0 radical (unpaired) electrons. The number of rotatable bonds is 6. The van der Waals surface area contributed by atoms with Gasteiger partial charge in [-0.3, -0.25) is 9.59 Å². The Kier molecular flexibility index (Phi) is 6.37. The molecule has 0 fully saturated rings. The highest BCUT2D eigenvalue weighted by Crippen LogP contribution is 2.01. The van der Waals surface area contributed by atoms with Gasteiger partial charge in [0.25, 0.3) is 0 Å². The van der Waals surface area contributed by atoms with Crippen LogP contribution in [-0.4, -0.2) is 41.5 Å². The normalized spacial score (nSPS) is 11.3. The minimum absolute atomic E-state index is 0.113. The highest BCUT2D eigenvalue weighted by Gasteiger charge is 2.11. The van der Waals surface area contributed by atoms with E-state index in [0.717, 1.165) is 0 Å². The Morgan fingerprint density at radius 2 is 1.87 bits per heavy atom. The van der Waals surface area contributed by atoms with Crippen molar-refractivity contribution in [1.82, 2.24) is 4.90 Å². The average molecular weight is 214 g/mol. The van der Waals surface area contributed by atoms with Crippen LogP contribution in [0.5, 0.6) is 0 Å². The van der Waals surface area contributed by atoms with Crippen LogP contribution in [0.4, 0.5) is 0 Å². The molecule has 0 atom stereocenters. The van der Waals surface area contributed by atoms with Crippen LogP contribution < -0.4 is 5.73 Å². The predicted molar refractivity (Wildman–Crippen MR) is 56.9 cm³/mol. The number of hydrogen-bond acceptors (Lipinski definition) is 3. The van der Waals surface area contributed by atoms with E-state index in [2.05, 4.69) is 0 Å². The second-order valence-corrected chi connectivity index (χ2v) is 3.02. The average Bonchev–Trinajstić information content (AvgIpc) is 2.18. The molecule has 0 rings (SSSR count). The maximum atomic E-state index is 11.6. The molecule has 0 aromatic rings. The molecule has 5 nitrogen and oxygen atoms in total. The summed E-state index contributed by atoms with van der Waals surface area (Å²) in [5, 5.41) is 8.68. The fraction of sp³-hybridized carbons (Fsp3) is 0.600. The van der Waals surface area contributed by atoms with Crippen LogP contribution >= 0.6 is 0 Å². The third kappa shape index (κ3) is 4.60. The number of hydrogen-bond donors (Lipinski definition) is 2. The van der Waals surface area contributed by atoms with Gasteiger partial charge in [-0.2, -0.15) is 0 Å². The largest absolute Gasteiger partial charge is 0.396 e. The number of primary amides is 1. The van der Waals surface area contributed by atoms with Gasteiger partial charge in [0.05, 0.1) is 0 Å². The first-order valence-corrected chi connectivity index (χ1v) is 4.96. The number of nitrogens with zero attached hydrogens (tertiary/aromatic N) is 1. The van der Waals surface area contributed by atoms with E-state index in [4.69, 9.17) is 10.8 Å². The molecule has 0 heterocycles. The smallest absolute Gasteiger partial charge is 0.247 e. The number of aliphatic hydroxyl groups is 1. The second kappa shape index (κ2) is 7.00. The molecule has 0 aromatic carbocycles. The highest BCUT2D eigenvalue weighted by molar-refractivity contribution is 6.00. The number of carbonyl (C=O) groups is 2. The van der Waals surface area contributed by atoms with Crippen molar-refractivity contribution in [2.75, 3.05) is 19.7 Å². The summed E-state index contributed by atoms with van der Waals surface area (Å²) in [7, 11) is 0. The van der Waals surface area contributed by atoms with Crippen LogP contribution in [0.15, 0.2) is 11.6 Å². The zero-order valence-electron chi connectivity index (χ0n) is 9.19. The first kappa shape index (κ1) is 13.6. The van der Waals surface area contributed by atoms with E-state index < -0.39 is 5.91 Å². The zero-order chi connectivity index (χ0) is 11.8. The van der Waals surface area contributed by atoms with Crippen molar-refractivity contribution in [3.63, 3.8) is 0 Å². The van der Waals surface area contributed by atoms with Gasteiger partial charge in [-0.05, 0) is 13.8 Å². The van der Waals surface area contributed by atoms with Crippen molar-refractivity contribution < 1.29 is 14.7 Å². The third-order valence-corrected chi connectivity index (χ3v) is 2.07. The van der Waals surface area contributed by atoms with Gasteiger partial charge >= 0.3 is 0 Å². The molecular formula is C10H18N2O3. The molecule has 0 unspecified atom stereocenters. The summed E-state index contributed by atoms with van der Waals surface area (Å²) in [5.74, 6) is -0.910. The van der Waals surface area contributed by atoms with Crippen molar-refractivity contribution in [2.24, 2.45) is 5.73 Å². The van der Waals surface area contributed by atoms with Crippen molar-refractivity contribution in [3.05, 3.63) is 11.6 Å². The number of amides is 2. The molecule has 0 bridgehead atoms. The molecule has 5 heteroatoms. The monoisotopic (exact) mass is 214 g/mol. The topological polar surface area (TPSA) is 83.6 Å². The van der Waals surface area contributed by atoms with Crippen LogP contribution in [-0.2, 0) is 9.59 Å². The van der Waals surface area contributed by atoms with E-state index in [1.807, 2.05) is 13.8 Å². The maximum Gasteiger partial charge on any atom is 0.247 e. The van der Waals surface area contributed by atoms with Crippen molar-refractivity contribution in [2.45, 2.75) is 20.3 Å². The number of nitrogens with two attached hydrogens (primary N) is 1. The van der Waals surface area contributed by atoms with E-state index in [1.54, 1.807) is 4.90 Å². The van der Waals surface area contributed by atoms with Gasteiger partial charge in [0.15, 0.2) is 0 Å². The molecule has 0 spiro atoms. The molecule has 0 aliphatic heterocycles. The van der Waals surface area contributed by atoms with Gasteiger partial charge in [0.2, 0.25) is 11.8 Å². The maximum absolute atomic E-state index is 11.6. The van der Waals surface area contributed by atoms with E-state index in [9.17, 15) is 9.59 Å². The van der Waals surface area contributed by atoms with Gasteiger partial charge in [-0.15, -0.1) is 0 Å². The van der Waals surface area contributed by atoms with E-state index >= 15 is 0 Å². The van der Waals surface area contributed by atoms with E-state index in [-0.39, 0.29) is 24.5 Å².